The lowest BCUT2D eigenvalue weighted by atomic mass is 10.1. The first-order valence-electron chi connectivity index (χ1n) is 5.48. The Kier molecular flexibility index (Phi) is 4.43. The van der Waals surface area contributed by atoms with Crippen molar-refractivity contribution in [3.05, 3.63) is 23.8 Å². The Bertz CT molecular complexity index is 449. The first-order chi connectivity index (χ1) is 8.37. The molecule has 0 amide bonds. The molecule has 0 fully saturated rings. The summed E-state index contributed by atoms with van der Waals surface area (Å²) in [6, 6.07) is 6.21. The second-order valence-electron chi connectivity index (χ2n) is 3.92. The van der Waals surface area contributed by atoms with Gasteiger partial charge in [-0.3, -0.25) is 0 Å². The van der Waals surface area contributed by atoms with Crippen LogP contribution in [0.15, 0.2) is 18.2 Å². The summed E-state index contributed by atoms with van der Waals surface area (Å²) in [6.45, 7) is 0.951. The summed E-state index contributed by atoms with van der Waals surface area (Å²) in [4.78, 5) is 1.15. The predicted octanol–water partition coefficient (Wildman–Crippen LogP) is 2.92. The Balaban J connectivity index is 3.09. The van der Waals surface area contributed by atoms with Gasteiger partial charge in [-0.05, 0) is 24.6 Å². The van der Waals surface area contributed by atoms with Crippen LogP contribution in [-0.2, 0) is 0 Å². The monoisotopic (exact) mass is 257 g/mol. The van der Waals surface area contributed by atoms with Gasteiger partial charge >= 0.3 is 6.18 Å². The molecule has 0 heterocycles. The number of anilines is 2. The average Bonchev–Trinajstić information content (AvgIpc) is 2.27. The highest BCUT2D eigenvalue weighted by Crippen LogP contribution is 2.28. The Morgan fingerprint density at radius 2 is 2.06 bits per heavy atom. The summed E-state index contributed by atoms with van der Waals surface area (Å²) < 4.78 is 37.4. The molecule has 0 bridgehead atoms. The summed E-state index contributed by atoms with van der Waals surface area (Å²) >= 11 is 0. The van der Waals surface area contributed by atoms with Gasteiger partial charge in [0.05, 0.1) is 23.0 Å². The van der Waals surface area contributed by atoms with Crippen LogP contribution in [0.25, 0.3) is 0 Å². The smallest absolute Gasteiger partial charge is 0.397 e. The number of nitrogens with two attached hydrogens (primary N) is 1. The quantitative estimate of drug-likeness (QED) is 0.844. The molecule has 98 valence electrons. The number of rotatable bonds is 4. The maximum atomic E-state index is 12.5. The van der Waals surface area contributed by atoms with Crippen molar-refractivity contribution in [3.8, 4) is 6.07 Å². The Morgan fingerprint density at radius 1 is 1.39 bits per heavy atom. The summed E-state index contributed by atoms with van der Waals surface area (Å²) in [5.74, 6) is 0. The Labute approximate surface area is 104 Å². The van der Waals surface area contributed by atoms with Crippen LogP contribution in [0, 0.1) is 11.3 Å². The van der Waals surface area contributed by atoms with Gasteiger partial charge in [0.2, 0.25) is 0 Å². The minimum atomic E-state index is -4.30. The van der Waals surface area contributed by atoms with Crippen LogP contribution in [0.1, 0.15) is 18.9 Å². The van der Waals surface area contributed by atoms with E-state index in [4.69, 9.17) is 11.0 Å². The molecule has 3 nitrogen and oxygen atoms in total. The van der Waals surface area contributed by atoms with E-state index in [9.17, 15) is 13.2 Å². The molecule has 0 aliphatic heterocycles. The molecule has 6 heteroatoms. The van der Waals surface area contributed by atoms with Crippen molar-refractivity contribution < 1.29 is 13.2 Å². The van der Waals surface area contributed by atoms with Crippen molar-refractivity contribution >= 4 is 11.4 Å². The Morgan fingerprint density at radius 3 is 2.56 bits per heavy atom. The lowest BCUT2D eigenvalue weighted by Crippen LogP contribution is -2.35. The second-order valence-corrected chi connectivity index (χ2v) is 3.92. The highest BCUT2D eigenvalue weighted by molar-refractivity contribution is 5.69. The summed E-state index contributed by atoms with van der Waals surface area (Å²) in [7, 11) is 0. The summed E-state index contributed by atoms with van der Waals surface area (Å²) in [5.41, 5.74) is 6.47. The average molecular weight is 257 g/mol. The van der Waals surface area contributed by atoms with Gasteiger partial charge in [-0.25, -0.2) is 0 Å². The fourth-order valence-corrected chi connectivity index (χ4v) is 1.66. The van der Waals surface area contributed by atoms with Gasteiger partial charge in [-0.2, -0.15) is 18.4 Å². The number of alkyl halides is 3. The number of hydrogen-bond acceptors (Lipinski definition) is 3. The molecule has 0 atom stereocenters. The normalized spacial score (nSPS) is 11.1. The molecule has 0 aliphatic carbocycles. The van der Waals surface area contributed by atoms with E-state index in [0.29, 0.717) is 12.0 Å². The van der Waals surface area contributed by atoms with Crippen LogP contribution in [0.3, 0.4) is 0 Å². The van der Waals surface area contributed by atoms with E-state index in [1.54, 1.807) is 6.92 Å². The topological polar surface area (TPSA) is 53.0 Å². The predicted molar refractivity (Wildman–Crippen MR) is 64.1 cm³/mol. The van der Waals surface area contributed by atoms with Gasteiger partial charge in [0.25, 0.3) is 0 Å². The van der Waals surface area contributed by atoms with Gasteiger partial charge in [0.1, 0.15) is 6.54 Å². The van der Waals surface area contributed by atoms with Gasteiger partial charge < -0.3 is 10.6 Å². The van der Waals surface area contributed by atoms with Crippen LogP contribution < -0.4 is 10.6 Å². The van der Waals surface area contributed by atoms with Crippen molar-refractivity contribution in [3.63, 3.8) is 0 Å². The largest absolute Gasteiger partial charge is 0.405 e. The van der Waals surface area contributed by atoms with E-state index in [0.717, 1.165) is 4.90 Å². The number of hydrogen-bond donors (Lipinski definition) is 1. The zero-order valence-electron chi connectivity index (χ0n) is 9.96. The maximum absolute atomic E-state index is 12.5. The maximum Gasteiger partial charge on any atom is 0.405 e. The van der Waals surface area contributed by atoms with Crippen molar-refractivity contribution in [2.45, 2.75) is 19.5 Å². The van der Waals surface area contributed by atoms with Crippen LogP contribution >= 0.6 is 0 Å². The molecular weight excluding hydrogens is 243 g/mol. The fraction of sp³-hybridized carbons (Fsp3) is 0.417. The van der Waals surface area contributed by atoms with Gasteiger partial charge in [-0.15, -0.1) is 0 Å². The molecular formula is C12H14F3N3. The first kappa shape index (κ1) is 14.2. The van der Waals surface area contributed by atoms with Crippen molar-refractivity contribution in [2.24, 2.45) is 0 Å². The van der Waals surface area contributed by atoms with E-state index in [1.165, 1.54) is 18.2 Å². The third kappa shape index (κ3) is 3.84. The lowest BCUT2D eigenvalue weighted by molar-refractivity contribution is -0.119. The summed E-state index contributed by atoms with van der Waals surface area (Å²) in [6.07, 6.45) is -3.74. The zero-order valence-corrected chi connectivity index (χ0v) is 9.96. The minimum absolute atomic E-state index is 0.235. The number of nitrogens with zero attached hydrogens (tertiary/aromatic N) is 2. The number of halogens is 3. The van der Waals surface area contributed by atoms with Crippen LogP contribution in [0.5, 0.6) is 0 Å². The molecule has 0 saturated heterocycles. The minimum Gasteiger partial charge on any atom is -0.397 e. The standard InChI is InChI=1S/C12H14F3N3/c1-2-5-18(8-12(13,14)15)11-6-9(7-16)3-4-10(11)17/h3-4,6H,2,5,8,17H2,1H3. The molecule has 0 radical (unpaired) electrons. The van der Waals surface area contributed by atoms with Crippen molar-refractivity contribution in [1.29, 1.82) is 5.26 Å². The molecule has 18 heavy (non-hydrogen) atoms. The van der Waals surface area contributed by atoms with Crippen LogP contribution in [0.4, 0.5) is 24.5 Å². The lowest BCUT2D eigenvalue weighted by Gasteiger charge is -2.26. The highest BCUT2D eigenvalue weighted by Gasteiger charge is 2.31. The second kappa shape index (κ2) is 5.63. The van der Waals surface area contributed by atoms with E-state index in [-0.39, 0.29) is 17.9 Å². The van der Waals surface area contributed by atoms with E-state index < -0.39 is 12.7 Å². The van der Waals surface area contributed by atoms with Crippen LogP contribution in [-0.4, -0.2) is 19.3 Å². The van der Waals surface area contributed by atoms with E-state index >= 15 is 0 Å². The third-order valence-corrected chi connectivity index (χ3v) is 2.36. The van der Waals surface area contributed by atoms with E-state index in [1.807, 2.05) is 6.07 Å². The third-order valence-electron chi connectivity index (χ3n) is 2.36. The van der Waals surface area contributed by atoms with E-state index in [2.05, 4.69) is 0 Å². The molecule has 1 aromatic rings. The fourth-order valence-electron chi connectivity index (χ4n) is 1.66. The number of nitriles is 1. The first-order valence-corrected chi connectivity index (χ1v) is 5.48. The molecule has 0 aromatic heterocycles. The van der Waals surface area contributed by atoms with Crippen molar-refractivity contribution in [2.75, 3.05) is 23.7 Å². The molecule has 2 N–H and O–H groups in total. The van der Waals surface area contributed by atoms with Gasteiger partial charge in [0.15, 0.2) is 0 Å². The molecule has 1 rings (SSSR count). The van der Waals surface area contributed by atoms with Crippen molar-refractivity contribution in [1.82, 2.24) is 0 Å². The Hall–Kier alpha value is -1.90. The van der Waals surface area contributed by atoms with Gasteiger partial charge in [0, 0.05) is 6.54 Å². The zero-order chi connectivity index (χ0) is 13.8. The number of benzene rings is 1. The van der Waals surface area contributed by atoms with Gasteiger partial charge in [-0.1, -0.05) is 6.92 Å². The SMILES string of the molecule is CCCN(CC(F)(F)F)c1cc(C#N)ccc1N. The van der Waals surface area contributed by atoms with Crippen LogP contribution in [0.2, 0.25) is 0 Å². The molecule has 0 aliphatic rings. The summed E-state index contributed by atoms with van der Waals surface area (Å²) in [5, 5.41) is 8.77. The molecule has 0 spiro atoms. The number of nitrogen functional groups attached to an aromatic ring is 1. The molecule has 0 unspecified atom stereocenters. The molecule has 1 aromatic carbocycles. The highest BCUT2D eigenvalue weighted by atomic mass is 19.4. The molecule has 0 saturated carbocycles.